The second-order valence-electron chi connectivity index (χ2n) is 4.98. The molecule has 4 nitrogen and oxygen atoms in total. The standard InChI is InChI=1S/C17H23NO3/c1-13(2)21-11-9-18-17(20)16-8-7-14(3)15(12-16)6-4-5-10-19/h7-8,12-13,19H,5,9-11H2,1-3H3,(H,18,20). The normalized spacial score (nSPS) is 10.1. The van der Waals surface area contributed by atoms with Crippen LogP contribution in [0.25, 0.3) is 0 Å². The first-order valence-corrected chi connectivity index (χ1v) is 7.14. The lowest BCUT2D eigenvalue weighted by molar-refractivity contribution is 0.0746. The summed E-state index contributed by atoms with van der Waals surface area (Å²) in [6, 6.07) is 5.44. The average Bonchev–Trinajstić information content (AvgIpc) is 2.45. The maximum atomic E-state index is 12.0. The molecule has 0 unspecified atom stereocenters. The van der Waals surface area contributed by atoms with E-state index in [1.807, 2.05) is 26.8 Å². The number of amides is 1. The molecule has 1 aromatic rings. The van der Waals surface area contributed by atoms with Gasteiger partial charge >= 0.3 is 0 Å². The molecule has 0 saturated carbocycles. The van der Waals surface area contributed by atoms with Crippen molar-refractivity contribution < 1.29 is 14.6 Å². The quantitative estimate of drug-likeness (QED) is 0.621. The molecule has 0 fully saturated rings. The number of hydrogen-bond donors (Lipinski definition) is 2. The fourth-order valence-corrected chi connectivity index (χ4v) is 1.67. The first-order valence-electron chi connectivity index (χ1n) is 7.14. The van der Waals surface area contributed by atoms with Gasteiger partial charge in [0, 0.05) is 24.1 Å². The van der Waals surface area contributed by atoms with E-state index in [1.165, 1.54) is 0 Å². The van der Waals surface area contributed by atoms with Gasteiger partial charge in [-0.15, -0.1) is 0 Å². The molecule has 0 radical (unpaired) electrons. The second-order valence-corrected chi connectivity index (χ2v) is 4.98. The molecule has 0 aromatic heterocycles. The topological polar surface area (TPSA) is 58.6 Å². The Morgan fingerprint density at radius 3 is 2.86 bits per heavy atom. The van der Waals surface area contributed by atoms with E-state index >= 15 is 0 Å². The maximum absolute atomic E-state index is 12.0. The highest BCUT2D eigenvalue weighted by atomic mass is 16.5. The monoisotopic (exact) mass is 289 g/mol. The zero-order chi connectivity index (χ0) is 15.7. The van der Waals surface area contributed by atoms with Crippen LogP contribution in [-0.2, 0) is 4.74 Å². The van der Waals surface area contributed by atoms with Gasteiger partial charge in [0.25, 0.3) is 5.91 Å². The van der Waals surface area contributed by atoms with E-state index in [0.717, 1.165) is 11.1 Å². The number of aliphatic hydroxyl groups excluding tert-OH is 1. The van der Waals surface area contributed by atoms with Crippen LogP contribution < -0.4 is 5.32 Å². The molecule has 0 aliphatic carbocycles. The Bertz CT molecular complexity index is 527. The summed E-state index contributed by atoms with van der Waals surface area (Å²) in [5.41, 5.74) is 2.41. The third kappa shape index (κ3) is 6.44. The van der Waals surface area contributed by atoms with Crippen LogP contribution in [0.5, 0.6) is 0 Å². The van der Waals surface area contributed by atoms with Gasteiger partial charge in [-0.3, -0.25) is 4.79 Å². The number of carbonyl (C=O) groups excluding carboxylic acids is 1. The fourth-order valence-electron chi connectivity index (χ4n) is 1.67. The zero-order valence-corrected chi connectivity index (χ0v) is 12.9. The Hall–Kier alpha value is -1.83. The van der Waals surface area contributed by atoms with Crippen molar-refractivity contribution in [3.63, 3.8) is 0 Å². The van der Waals surface area contributed by atoms with Crippen molar-refractivity contribution in [2.75, 3.05) is 19.8 Å². The van der Waals surface area contributed by atoms with Crippen LogP contribution in [0.2, 0.25) is 0 Å². The van der Waals surface area contributed by atoms with Crippen LogP contribution in [0.15, 0.2) is 18.2 Å². The van der Waals surface area contributed by atoms with Crippen LogP contribution in [0.1, 0.15) is 41.8 Å². The smallest absolute Gasteiger partial charge is 0.251 e. The molecular formula is C17H23NO3. The van der Waals surface area contributed by atoms with Crippen LogP contribution in [0.3, 0.4) is 0 Å². The Morgan fingerprint density at radius 1 is 1.43 bits per heavy atom. The van der Waals surface area contributed by atoms with E-state index in [4.69, 9.17) is 9.84 Å². The van der Waals surface area contributed by atoms with Crippen molar-refractivity contribution in [1.82, 2.24) is 5.32 Å². The van der Waals surface area contributed by atoms with E-state index in [0.29, 0.717) is 25.1 Å². The number of nitrogens with one attached hydrogen (secondary N) is 1. The lowest BCUT2D eigenvalue weighted by atomic mass is 10.0. The molecule has 0 aliphatic rings. The van der Waals surface area contributed by atoms with E-state index < -0.39 is 0 Å². The molecule has 0 saturated heterocycles. The van der Waals surface area contributed by atoms with E-state index in [1.54, 1.807) is 12.1 Å². The molecule has 1 aromatic carbocycles. The Balaban J connectivity index is 2.64. The number of aryl methyl sites for hydroxylation is 1. The van der Waals surface area contributed by atoms with E-state index in [2.05, 4.69) is 17.2 Å². The number of hydrogen-bond acceptors (Lipinski definition) is 3. The molecule has 0 spiro atoms. The summed E-state index contributed by atoms with van der Waals surface area (Å²) in [5, 5.41) is 11.6. The van der Waals surface area contributed by atoms with Gasteiger partial charge < -0.3 is 15.2 Å². The van der Waals surface area contributed by atoms with Gasteiger partial charge in [0.15, 0.2) is 0 Å². The molecule has 1 amide bonds. The van der Waals surface area contributed by atoms with Gasteiger partial charge in [-0.1, -0.05) is 17.9 Å². The molecule has 114 valence electrons. The summed E-state index contributed by atoms with van der Waals surface area (Å²) in [7, 11) is 0. The van der Waals surface area contributed by atoms with Crippen molar-refractivity contribution in [3.05, 3.63) is 34.9 Å². The van der Waals surface area contributed by atoms with Crippen LogP contribution >= 0.6 is 0 Å². The number of carbonyl (C=O) groups is 1. The van der Waals surface area contributed by atoms with Crippen molar-refractivity contribution in [2.24, 2.45) is 0 Å². The SMILES string of the molecule is Cc1ccc(C(=O)NCCOC(C)C)cc1C#CCCO. The van der Waals surface area contributed by atoms with Gasteiger partial charge in [0.2, 0.25) is 0 Å². The summed E-state index contributed by atoms with van der Waals surface area (Å²) in [6.45, 7) is 6.89. The molecule has 2 N–H and O–H groups in total. The van der Waals surface area contributed by atoms with Crippen molar-refractivity contribution >= 4 is 5.91 Å². The molecule has 4 heteroatoms. The predicted molar refractivity (Wildman–Crippen MR) is 83.2 cm³/mol. The van der Waals surface area contributed by atoms with Crippen LogP contribution in [-0.4, -0.2) is 36.9 Å². The fraction of sp³-hybridized carbons (Fsp3) is 0.471. The second kappa shape index (κ2) is 9.17. The summed E-state index contributed by atoms with van der Waals surface area (Å²) in [6.07, 6.45) is 0.595. The molecule has 0 atom stereocenters. The van der Waals surface area contributed by atoms with E-state index in [9.17, 15) is 4.79 Å². The summed E-state index contributed by atoms with van der Waals surface area (Å²) in [4.78, 5) is 12.0. The first kappa shape index (κ1) is 17.2. The van der Waals surface area contributed by atoms with E-state index in [-0.39, 0.29) is 18.6 Å². The minimum absolute atomic E-state index is 0.0437. The molecular weight excluding hydrogens is 266 g/mol. The Labute approximate surface area is 126 Å². The number of benzene rings is 1. The largest absolute Gasteiger partial charge is 0.395 e. The average molecular weight is 289 g/mol. The lowest BCUT2D eigenvalue weighted by Gasteiger charge is -2.09. The van der Waals surface area contributed by atoms with Gasteiger partial charge in [-0.25, -0.2) is 0 Å². The van der Waals surface area contributed by atoms with Gasteiger partial charge in [0.1, 0.15) is 0 Å². The van der Waals surface area contributed by atoms with Crippen molar-refractivity contribution in [2.45, 2.75) is 33.3 Å². The molecule has 1 rings (SSSR count). The van der Waals surface area contributed by atoms with Gasteiger partial charge in [-0.05, 0) is 38.5 Å². The maximum Gasteiger partial charge on any atom is 0.251 e. The first-order chi connectivity index (χ1) is 10.0. The Kier molecular flexibility index (Phi) is 7.52. The number of rotatable bonds is 6. The minimum Gasteiger partial charge on any atom is -0.395 e. The third-order valence-electron chi connectivity index (χ3n) is 2.80. The van der Waals surface area contributed by atoms with Gasteiger partial charge in [0.05, 0.1) is 19.3 Å². The molecule has 0 heterocycles. The van der Waals surface area contributed by atoms with Crippen molar-refractivity contribution in [3.8, 4) is 11.8 Å². The molecule has 0 aliphatic heterocycles. The molecule has 21 heavy (non-hydrogen) atoms. The third-order valence-corrected chi connectivity index (χ3v) is 2.80. The summed E-state index contributed by atoms with van der Waals surface area (Å²) in [5.74, 6) is 5.72. The van der Waals surface area contributed by atoms with Gasteiger partial charge in [-0.2, -0.15) is 0 Å². The minimum atomic E-state index is -0.132. The highest BCUT2D eigenvalue weighted by Crippen LogP contribution is 2.10. The number of ether oxygens (including phenoxy) is 1. The van der Waals surface area contributed by atoms with Crippen molar-refractivity contribution in [1.29, 1.82) is 0 Å². The molecule has 0 bridgehead atoms. The Morgan fingerprint density at radius 2 is 2.19 bits per heavy atom. The van der Waals surface area contributed by atoms with Crippen LogP contribution in [0.4, 0.5) is 0 Å². The highest BCUT2D eigenvalue weighted by molar-refractivity contribution is 5.94. The summed E-state index contributed by atoms with van der Waals surface area (Å²) >= 11 is 0. The summed E-state index contributed by atoms with van der Waals surface area (Å²) < 4.78 is 5.38. The highest BCUT2D eigenvalue weighted by Gasteiger charge is 2.07. The van der Waals surface area contributed by atoms with Crippen LogP contribution in [0, 0.1) is 18.8 Å². The lowest BCUT2D eigenvalue weighted by Crippen LogP contribution is -2.28. The predicted octanol–water partition coefficient (Wildman–Crippen LogP) is 1.88. The number of aliphatic hydroxyl groups is 1. The zero-order valence-electron chi connectivity index (χ0n) is 12.9.